The monoisotopic (exact) mass is 303 g/mol. The van der Waals surface area contributed by atoms with E-state index in [4.69, 9.17) is 4.74 Å². The van der Waals surface area contributed by atoms with Crippen LogP contribution in [0.2, 0.25) is 0 Å². The molecule has 1 aliphatic heterocycles. The van der Waals surface area contributed by atoms with E-state index in [9.17, 15) is 4.79 Å². The predicted octanol–water partition coefficient (Wildman–Crippen LogP) is 2.57. The van der Waals surface area contributed by atoms with E-state index in [1.807, 2.05) is 16.5 Å². The zero-order valence-electron chi connectivity index (χ0n) is 11.9. The maximum absolute atomic E-state index is 12.7. The second kappa shape index (κ2) is 6.22. The van der Waals surface area contributed by atoms with E-state index in [2.05, 4.69) is 9.97 Å². The molecule has 5 nitrogen and oxygen atoms in total. The van der Waals surface area contributed by atoms with Gasteiger partial charge in [-0.05, 0) is 25.0 Å². The first-order valence-corrected chi connectivity index (χ1v) is 7.85. The SMILES string of the molecule is COc1ncccc1C(=O)N1CCCC(c2nccs2)C1. The van der Waals surface area contributed by atoms with E-state index in [0.29, 0.717) is 23.9 Å². The molecule has 110 valence electrons. The first-order valence-electron chi connectivity index (χ1n) is 6.97. The highest BCUT2D eigenvalue weighted by molar-refractivity contribution is 7.09. The summed E-state index contributed by atoms with van der Waals surface area (Å²) in [5.74, 6) is 0.713. The Morgan fingerprint density at radius 2 is 2.33 bits per heavy atom. The van der Waals surface area contributed by atoms with Crippen molar-refractivity contribution < 1.29 is 9.53 Å². The number of ether oxygens (including phenoxy) is 1. The van der Waals surface area contributed by atoms with Crippen LogP contribution in [0.1, 0.15) is 34.1 Å². The molecule has 0 radical (unpaired) electrons. The first kappa shape index (κ1) is 14.0. The minimum Gasteiger partial charge on any atom is -0.480 e. The van der Waals surface area contributed by atoms with E-state index in [-0.39, 0.29) is 5.91 Å². The summed E-state index contributed by atoms with van der Waals surface area (Å²) in [5.41, 5.74) is 0.528. The number of likely N-dealkylation sites (tertiary alicyclic amines) is 1. The molecule has 1 amide bonds. The van der Waals surface area contributed by atoms with Gasteiger partial charge in [-0.3, -0.25) is 4.79 Å². The zero-order chi connectivity index (χ0) is 14.7. The Kier molecular flexibility index (Phi) is 4.15. The number of methoxy groups -OCH3 is 1. The van der Waals surface area contributed by atoms with Crippen LogP contribution in [0.4, 0.5) is 0 Å². The molecule has 0 spiro atoms. The molecule has 3 rings (SSSR count). The molecule has 1 aliphatic rings. The molecule has 1 saturated heterocycles. The van der Waals surface area contributed by atoms with Gasteiger partial charge in [0, 0.05) is 36.8 Å². The van der Waals surface area contributed by atoms with Crippen molar-refractivity contribution in [3.8, 4) is 5.88 Å². The summed E-state index contributed by atoms with van der Waals surface area (Å²) in [6.07, 6.45) is 5.54. The van der Waals surface area contributed by atoms with E-state index in [0.717, 1.165) is 24.4 Å². The van der Waals surface area contributed by atoms with Crippen LogP contribution in [0.3, 0.4) is 0 Å². The molecule has 1 unspecified atom stereocenters. The van der Waals surface area contributed by atoms with Crippen LogP contribution in [0.25, 0.3) is 0 Å². The Morgan fingerprint density at radius 3 is 3.10 bits per heavy atom. The highest BCUT2D eigenvalue weighted by Gasteiger charge is 2.28. The van der Waals surface area contributed by atoms with Crippen molar-refractivity contribution >= 4 is 17.2 Å². The molecule has 1 fully saturated rings. The fraction of sp³-hybridized carbons (Fsp3) is 0.400. The van der Waals surface area contributed by atoms with Gasteiger partial charge in [-0.25, -0.2) is 9.97 Å². The highest BCUT2D eigenvalue weighted by atomic mass is 32.1. The van der Waals surface area contributed by atoms with Crippen molar-refractivity contribution in [2.75, 3.05) is 20.2 Å². The molecule has 2 aromatic rings. The van der Waals surface area contributed by atoms with Gasteiger partial charge in [0.15, 0.2) is 0 Å². The number of pyridine rings is 1. The van der Waals surface area contributed by atoms with Crippen LogP contribution in [0.15, 0.2) is 29.9 Å². The average molecular weight is 303 g/mol. The van der Waals surface area contributed by atoms with Crippen molar-refractivity contribution in [2.24, 2.45) is 0 Å². The lowest BCUT2D eigenvalue weighted by Crippen LogP contribution is -2.39. The van der Waals surface area contributed by atoms with Gasteiger partial charge in [-0.2, -0.15) is 0 Å². The number of rotatable bonds is 3. The Labute approximate surface area is 127 Å². The summed E-state index contributed by atoms with van der Waals surface area (Å²) < 4.78 is 5.19. The molecular weight excluding hydrogens is 286 g/mol. The Hall–Kier alpha value is -1.95. The lowest BCUT2D eigenvalue weighted by Gasteiger charge is -2.32. The molecular formula is C15H17N3O2S. The Balaban J connectivity index is 1.78. The minimum absolute atomic E-state index is 0.0128. The maximum Gasteiger partial charge on any atom is 0.259 e. The third-order valence-corrected chi connectivity index (χ3v) is 4.64. The fourth-order valence-electron chi connectivity index (χ4n) is 2.69. The van der Waals surface area contributed by atoms with Crippen molar-refractivity contribution in [1.82, 2.24) is 14.9 Å². The van der Waals surface area contributed by atoms with E-state index in [1.54, 1.807) is 29.7 Å². The van der Waals surface area contributed by atoms with E-state index in [1.165, 1.54) is 7.11 Å². The molecule has 3 heterocycles. The standard InChI is InChI=1S/C15H17N3O2S/c1-20-13-12(5-2-6-16-13)15(19)18-8-3-4-11(10-18)14-17-7-9-21-14/h2,5-7,9,11H,3-4,8,10H2,1H3. The quantitative estimate of drug-likeness (QED) is 0.874. The lowest BCUT2D eigenvalue weighted by atomic mass is 9.98. The molecule has 0 saturated carbocycles. The van der Waals surface area contributed by atoms with Crippen LogP contribution < -0.4 is 4.74 Å². The maximum atomic E-state index is 12.7. The topological polar surface area (TPSA) is 55.3 Å². The van der Waals surface area contributed by atoms with Crippen molar-refractivity contribution in [1.29, 1.82) is 0 Å². The van der Waals surface area contributed by atoms with Gasteiger partial charge in [-0.1, -0.05) is 0 Å². The summed E-state index contributed by atoms with van der Waals surface area (Å²) in [7, 11) is 1.54. The fourth-order valence-corrected chi connectivity index (χ4v) is 3.45. The normalized spacial score (nSPS) is 18.5. The minimum atomic E-state index is -0.0128. The van der Waals surface area contributed by atoms with Gasteiger partial charge < -0.3 is 9.64 Å². The first-order chi connectivity index (χ1) is 10.3. The van der Waals surface area contributed by atoms with Crippen LogP contribution >= 0.6 is 11.3 Å². The van der Waals surface area contributed by atoms with Gasteiger partial charge >= 0.3 is 0 Å². The number of hydrogen-bond acceptors (Lipinski definition) is 5. The molecule has 6 heteroatoms. The van der Waals surface area contributed by atoms with Crippen LogP contribution in [-0.2, 0) is 0 Å². The number of piperidine rings is 1. The van der Waals surface area contributed by atoms with Gasteiger partial charge in [-0.15, -0.1) is 11.3 Å². The van der Waals surface area contributed by atoms with E-state index < -0.39 is 0 Å². The largest absolute Gasteiger partial charge is 0.480 e. The molecule has 21 heavy (non-hydrogen) atoms. The Morgan fingerprint density at radius 1 is 1.43 bits per heavy atom. The molecule has 0 aromatic carbocycles. The third kappa shape index (κ3) is 2.90. The van der Waals surface area contributed by atoms with E-state index >= 15 is 0 Å². The molecule has 0 aliphatic carbocycles. The van der Waals surface area contributed by atoms with Crippen LogP contribution in [0.5, 0.6) is 5.88 Å². The van der Waals surface area contributed by atoms with Crippen molar-refractivity contribution in [2.45, 2.75) is 18.8 Å². The number of carbonyl (C=O) groups is 1. The summed E-state index contributed by atoms with van der Waals surface area (Å²) in [6.45, 7) is 1.49. The van der Waals surface area contributed by atoms with Gasteiger partial charge in [0.1, 0.15) is 5.56 Å². The molecule has 0 bridgehead atoms. The summed E-state index contributed by atoms with van der Waals surface area (Å²) in [5, 5.41) is 3.10. The summed E-state index contributed by atoms with van der Waals surface area (Å²) in [4.78, 5) is 23.1. The molecule has 2 aromatic heterocycles. The van der Waals surface area contributed by atoms with Crippen molar-refractivity contribution in [3.63, 3.8) is 0 Å². The third-order valence-electron chi connectivity index (χ3n) is 3.70. The number of carbonyl (C=O) groups excluding carboxylic acids is 1. The van der Waals surface area contributed by atoms with Gasteiger partial charge in [0.25, 0.3) is 5.91 Å². The predicted molar refractivity (Wildman–Crippen MR) is 80.8 cm³/mol. The Bertz CT molecular complexity index is 615. The second-order valence-electron chi connectivity index (χ2n) is 5.02. The molecule has 1 atom stereocenters. The summed E-state index contributed by atoms with van der Waals surface area (Å²) in [6, 6.07) is 3.53. The van der Waals surface area contributed by atoms with Gasteiger partial charge in [0.05, 0.1) is 12.1 Å². The smallest absolute Gasteiger partial charge is 0.259 e. The zero-order valence-corrected chi connectivity index (χ0v) is 12.7. The van der Waals surface area contributed by atoms with Gasteiger partial charge in [0.2, 0.25) is 5.88 Å². The number of hydrogen-bond donors (Lipinski definition) is 0. The summed E-state index contributed by atoms with van der Waals surface area (Å²) >= 11 is 1.66. The highest BCUT2D eigenvalue weighted by Crippen LogP contribution is 2.29. The number of aromatic nitrogens is 2. The molecule has 0 N–H and O–H groups in total. The van der Waals surface area contributed by atoms with Crippen molar-refractivity contribution in [3.05, 3.63) is 40.5 Å². The number of thiazole rings is 1. The van der Waals surface area contributed by atoms with Crippen LogP contribution in [-0.4, -0.2) is 41.0 Å². The lowest BCUT2D eigenvalue weighted by molar-refractivity contribution is 0.0703. The number of nitrogens with zero attached hydrogens (tertiary/aromatic N) is 3. The second-order valence-corrected chi connectivity index (χ2v) is 5.95. The van der Waals surface area contributed by atoms with Crippen LogP contribution in [0, 0.1) is 0 Å². The number of amides is 1. The average Bonchev–Trinajstić information content (AvgIpc) is 3.09.